The fourth-order valence-electron chi connectivity index (χ4n) is 3.78. The molecule has 1 atom stereocenters. The molecular weight excluding hydrogens is 329 g/mol. The molecule has 0 radical (unpaired) electrons. The van der Waals surface area contributed by atoms with Crippen molar-refractivity contribution in [1.29, 1.82) is 0 Å². The predicted molar refractivity (Wildman–Crippen MR) is 102 cm³/mol. The quantitative estimate of drug-likeness (QED) is 0.811. The number of carbonyl (C=O) groups excluding carboxylic acids is 1. The monoisotopic (exact) mass is 361 g/mol. The minimum absolute atomic E-state index is 0.180. The normalized spacial score (nSPS) is 22.4. The molecule has 1 N–H and O–H groups in total. The number of carbonyl (C=O) groups is 1. The maximum atomic E-state index is 13.2. The van der Waals surface area contributed by atoms with Crippen LogP contribution in [0.25, 0.3) is 0 Å². The van der Waals surface area contributed by atoms with Crippen molar-refractivity contribution >= 4 is 5.91 Å². The molecule has 5 heteroatoms. The van der Waals surface area contributed by atoms with Gasteiger partial charge in [0.1, 0.15) is 5.82 Å². The maximum Gasteiger partial charge on any atom is 0.221 e. The fourth-order valence-corrected chi connectivity index (χ4v) is 3.78. The Morgan fingerprint density at radius 3 is 2.62 bits per heavy atom. The van der Waals surface area contributed by atoms with Crippen LogP contribution in [-0.2, 0) is 11.3 Å². The van der Waals surface area contributed by atoms with E-state index in [4.69, 9.17) is 0 Å². The van der Waals surface area contributed by atoms with Crippen molar-refractivity contribution in [1.82, 2.24) is 15.1 Å². The molecule has 1 heterocycles. The van der Waals surface area contributed by atoms with E-state index in [0.717, 1.165) is 57.5 Å². The molecular formula is C21H32FN3O. The maximum absolute atomic E-state index is 13.2. The number of nitrogens with zero attached hydrogens (tertiary/aromatic N) is 2. The van der Waals surface area contributed by atoms with Crippen molar-refractivity contribution in [2.45, 2.75) is 58.2 Å². The Kier molecular flexibility index (Phi) is 6.65. The average Bonchev–Trinajstić information content (AvgIpc) is 3.42. The Bertz CT molecular complexity index is 585. The van der Waals surface area contributed by atoms with Gasteiger partial charge in [-0.05, 0) is 49.4 Å². The summed E-state index contributed by atoms with van der Waals surface area (Å²) in [5, 5.41) is 3.08. The highest BCUT2D eigenvalue weighted by molar-refractivity contribution is 5.76. The Hall–Kier alpha value is -1.46. The van der Waals surface area contributed by atoms with Crippen LogP contribution in [0.4, 0.5) is 4.39 Å². The first kappa shape index (κ1) is 19.3. The summed E-state index contributed by atoms with van der Waals surface area (Å²) in [4.78, 5) is 17.0. The topological polar surface area (TPSA) is 35.6 Å². The van der Waals surface area contributed by atoms with Gasteiger partial charge in [0.05, 0.1) is 0 Å². The van der Waals surface area contributed by atoms with Gasteiger partial charge in [0.2, 0.25) is 5.91 Å². The molecule has 1 aliphatic heterocycles. The molecule has 2 fully saturated rings. The molecule has 1 aromatic carbocycles. The summed E-state index contributed by atoms with van der Waals surface area (Å²) >= 11 is 0. The highest BCUT2D eigenvalue weighted by Crippen LogP contribution is 2.21. The number of halogens is 1. The largest absolute Gasteiger partial charge is 0.353 e. The molecule has 26 heavy (non-hydrogen) atoms. The molecule has 144 valence electrons. The minimum Gasteiger partial charge on any atom is -0.353 e. The van der Waals surface area contributed by atoms with E-state index in [1.165, 1.54) is 0 Å². The standard InChI is InChI=1S/C21H32FN3O/c1-16(2)20-15-24(13-10-21(26)23-19-8-9-19)11-3-12-25(20)14-17-4-6-18(22)7-5-17/h4-7,16,19-20H,3,8-15H2,1-2H3,(H,23,26)/t20-/m0/s1. The van der Waals surface area contributed by atoms with Gasteiger partial charge in [-0.3, -0.25) is 9.69 Å². The lowest BCUT2D eigenvalue weighted by atomic mass is 10.0. The van der Waals surface area contributed by atoms with Crippen molar-refractivity contribution in [3.05, 3.63) is 35.6 Å². The second-order valence-corrected chi connectivity index (χ2v) is 8.15. The van der Waals surface area contributed by atoms with Crippen molar-refractivity contribution in [3.8, 4) is 0 Å². The van der Waals surface area contributed by atoms with Crippen LogP contribution in [0.1, 0.15) is 45.1 Å². The van der Waals surface area contributed by atoms with Crippen LogP contribution in [0.2, 0.25) is 0 Å². The highest BCUT2D eigenvalue weighted by Gasteiger charge is 2.28. The first-order valence-corrected chi connectivity index (χ1v) is 10.0. The number of amides is 1. The fraction of sp³-hybridized carbons (Fsp3) is 0.667. The van der Waals surface area contributed by atoms with Gasteiger partial charge in [0, 0.05) is 44.7 Å². The third-order valence-corrected chi connectivity index (χ3v) is 5.50. The Morgan fingerprint density at radius 1 is 1.23 bits per heavy atom. The van der Waals surface area contributed by atoms with E-state index >= 15 is 0 Å². The van der Waals surface area contributed by atoms with E-state index in [1.54, 1.807) is 12.1 Å². The van der Waals surface area contributed by atoms with Crippen molar-refractivity contribution in [2.24, 2.45) is 5.92 Å². The SMILES string of the molecule is CC(C)[C@@H]1CN(CCC(=O)NC2CC2)CCCN1Cc1ccc(F)cc1. The lowest BCUT2D eigenvalue weighted by Crippen LogP contribution is -2.44. The molecule has 4 nitrogen and oxygen atoms in total. The summed E-state index contributed by atoms with van der Waals surface area (Å²) < 4.78 is 13.2. The van der Waals surface area contributed by atoms with Crippen LogP contribution >= 0.6 is 0 Å². The summed E-state index contributed by atoms with van der Waals surface area (Å²) in [6.45, 7) is 9.32. The summed E-state index contributed by atoms with van der Waals surface area (Å²) in [7, 11) is 0. The predicted octanol–water partition coefficient (Wildman–Crippen LogP) is 3.03. The third-order valence-electron chi connectivity index (χ3n) is 5.50. The molecule has 1 saturated carbocycles. The number of rotatable bonds is 7. The molecule has 3 rings (SSSR count). The molecule has 0 unspecified atom stereocenters. The molecule has 1 amide bonds. The van der Waals surface area contributed by atoms with Crippen LogP contribution in [0.5, 0.6) is 0 Å². The number of nitrogens with one attached hydrogen (secondary N) is 1. The molecule has 0 bridgehead atoms. The van der Waals surface area contributed by atoms with E-state index in [-0.39, 0.29) is 11.7 Å². The van der Waals surface area contributed by atoms with Crippen LogP contribution < -0.4 is 5.32 Å². The van der Waals surface area contributed by atoms with Gasteiger partial charge in [0.25, 0.3) is 0 Å². The number of hydrogen-bond donors (Lipinski definition) is 1. The van der Waals surface area contributed by atoms with Gasteiger partial charge in [0.15, 0.2) is 0 Å². The first-order chi connectivity index (χ1) is 12.5. The Morgan fingerprint density at radius 2 is 1.96 bits per heavy atom. The van der Waals surface area contributed by atoms with E-state index < -0.39 is 0 Å². The highest BCUT2D eigenvalue weighted by atomic mass is 19.1. The Labute approximate surface area is 156 Å². The summed E-state index contributed by atoms with van der Waals surface area (Å²) in [6, 6.07) is 7.76. The van der Waals surface area contributed by atoms with Gasteiger partial charge >= 0.3 is 0 Å². The molecule has 0 aromatic heterocycles. The van der Waals surface area contributed by atoms with E-state index in [9.17, 15) is 9.18 Å². The number of benzene rings is 1. The lowest BCUT2D eigenvalue weighted by molar-refractivity contribution is -0.121. The molecule has 2 aliphatic rings. The lowest BCUT2D eigenvalue weighted by Gasteiger charge is -2.34. The third kappa shape index (κ3) is 5.78. The molecule has 0 spiro atoms. The van der Waals surface area contributed by atoms with Crippen molar-refractivity contribution < 1.29 is 9.18 Å². The van der Waals surface area contributed by atoms with E-state index in [0.29, 0.717) is 24.4 Å². The molecule has 1 aromatic rings. The Balaban J connectivity index is 1.55. The van der Waals surface area contributed by atoms with E-state index in [1.807, 2.05) is 12.1 Å². The number of hydrogen-bond acceptors (Lipinski definition) is 3. The van der Waals surface area contributed by atoms with Crippen LogP contribution in [-0.4, -0.2) is 54.0 Å². The van der Waals surface area contributed by atoms with Gasteiger partial charge in [-0.2, -0.15) is 0 Å². The zero-order chi connectivity index (χ0) is 18.5. The molecule has 1 aliphatic carbocycles. The van der Waals surface area contributed by atoms with Gasteiger partial charge in [-0.25, -0.2) is 4.39 Å². The van der Waals surface area contributed by atoms with Crippen molar-refractivity contribution in [2.75, 3.05) is 26.2 Å². The van der Waals surface area contributed by atoms with Gasteiger partial charge < -0.3 is 10.2 Å². The first-order valence-electron chi connectivity index (χ1n) is 10.0. The summed E-state index contributed by atoms with van der Waals surface area (Å²) in [5.41, 5.74) is 1.16. The summed E-state index contributed by atoms with van der Waals surface area (Å²) in [6.07, 6.45) is 3.99. The van der Waals surface area contributed by atoms with Gasteiger partial charge in [-0.1, -0.05) is 26.0 Å². The van der Waals surface area contributed by atoms with Crippen molar-refractivity contribution in [3.63, 3.8) is 0 Å². The van der Waals surface area contributed by atoms with Gasteiger partial charge in [-0.15, -0.1) is 0 Å². The second kappa shape index (κ2) is 8.96. The summed E-state index contributed by atoms with van der Waals surface area (Å²) in [5.74, 6) is 0.554. The van der Waals surface area contributed by atoms with Crippen LogP contribution in [0.15, 0.2) is 24.3 Å². The second-order valence-electron chi connectivity index (χ2n) is 8.15. The average molecular weight is 362 g/mol. The van der Waals surface area contributed by atoms with Crippen LogP contribution in [0.3, 0.4) is 0 Å². The molecule has 1 saturated heterocycles. The zero-order valence-electron chi connectivity index (χ0n) is 16.1. The van der Waals surface area contributed by atoms with E-state index in [2.05, 4.69) is 29.0 Å². The van der Waals surface area contributed by atoms with Crippen LogP contribution in [0, 0.1) is 11.7 Å². The zero-order valence-corrected chi connectivity index (χ0v) is 16.1. The smallest absolute Gasteiger partial charge is 0.221 e. The minimum atomic E-state index is -0.180.